The molecule has 0 radical (unpaired) electrons. The first-order valence-corrected chi connectivity index (χ1v) is 13.4. The molecular weight excluding hydrogens is 486 g/mol. The van der Waals surface area contributed by atoms with Gasteiger partial charge in [-0.05, 0) is 53.6 Å². The number of carbonyl (C=O) groups is 1. The first kappa shape index (κ1) is 25.3. The summed E-state index contributed by atoms with van der Waals surface area (Å²) in [6.07, 6.45) is 2.06. The van der Waals surface area contributed by atoms with Gasteiger partial charge < -0.3 is 15.0 Å². The molecule has 1 aromatic heterocycles. The summed E-state index contributed by atoms with van der Waals surface area (Å²) < 4.78 is 28.8. The molecule has 2 aromatic carbocycles. The maximum atomic E-state index is 13.8. The quantitative estimate of drug-likeness (QED) is 0.420. The lowest BCUT2D eigenvalue weighted by atomic mass is 10.00. The van der Waals surface area contributed by atoms with Crippen LogP contribution in [0.4, 0.5) is 0 Å². The molecule has 186 valence electrons. The van der Waals surface area contributed by atoms with Crippen molar-refractivity contribution in [1.29, 1.82) is 0 Å². The molecule has 2 atom stereocenters. The molecule has 7 nitrogen and oxygen atoms in total. The molecule has 9 heteroatoms. The molecule has 1 amide bonds. The number of carbonyl (C=O) groups excluding carboxylic acids is 1. The van der Waals surface area contributed by atoms with Crippen LogP contribution in [0, 0.1) is 5.92 Å². The van der Waals surface area contributed by atoms with E-state index in [1.807, 2.05) is 6.07 Å². The van der Waals surface area contributed by atoms with Gasteiger partial charge in [0.05, 0.1) is 6.54 Å². The molecule has 35 heavy (non-hydrogen) atoms. The van der Waals surface area contributed by atoms with Crippen molar-refractivity contribution in [3.63, 3.8) is 0 Å². The van der Waals surface area contributed by atoms with E-state index in [1.54, 1.807) is 47.4 Å². The third-order valence-corrected chi connectivity index (χ3v) is 8.65. The average Bonchev–Trinajstić information content (AvgIpc) is 3.19. The zero-order valence-electron chi connectivity index (χ0n) is 19.8. The van der Waals surface area contributed by atoms with Gasteiger partial charge in [-0.1, -0.05) is 49.7 Å². The van der Waals surface area contributed by atoms with E-state index in [4.69, 9.17) is 11.6 Å². The number of aromatic hydroxyl groups is 1. The number of benzene rings is 2. The van der Waals surface area contributed by atoms with Crippen molar-refractivity contribution >= 4 is 38.4 Å². The standard InChI is InChI=1S/C26H30ClN3O4S/c1-4-25(24-12-19-7-8-20(27)13-23(19)28-24)35(33,34)29-15-21(11-17(2)3)30(26(32)16-29)14-18-5-9-22(31)10-6-18/h4-10,12-13,17,21,25,28,31H,1,11,14-16H2,2-3H3. The lowest BCUT2D eigenvalue weighted by Gasteiger charge is -2.42. The number of nitrogens with one attached hydrogen (secondary N) is 1. The Labute approximate surface area is 211 Å². The molecule has 2 heterocycles. The summed E-state index contributed by atoms with van der Waals surface area (Å²) in [6.45, 7) is 8.23. The number of phenolic OH excluding ortho intramolecular Hbond substituents is 1. The number of nitrogens with zero attached hydrogens (tertiary/aromatic N) is 2. The Morgan fingerprint density at radius 1 is 1.20 bits per heavy atom. The predicted molar refractivity (Wildman–Crippen MR) is 139 cm³/mol. The fourth-order valence-electron chi connectivity index (χ4n) is 4.64. The van der Waals surface area contributed by atoms with E-state index < -0.39 is 15.3 Å². The average molecular weight is 516 g/mol. The molecule has 1 saturated heterocycles. The predicted octanol–water partition coefficient (Wildman–Crippen LogP) is 4.84. The maximum Gasteiger partial charge on any atom is 0.238 e. The molecule has 1 aliphatic heterocycles. The third-order valence-electron chi connectivity index (χ3n) is 6.33. The highest BCUT2D eigenvalue weighted by molar-refractivity contribution is 7.89. The highest BCUT2D eigenvalue weighted by Gasteiger charge is 2.41. The van der Waals surface area contributed by atoms with Crippen LogP contribution in [0.15, 0.2) is 61.2 Å². The minimum Gasteiger partial charge on any atom is -0.508 e. The van der Waals surface area contributed by atoms with Crippen LogP contribution >= 0.6 is 11.6 Å². The van der Waals surface area contributed by atoms with Crippen molar-refractivity contribution in [2.75, 3.05) is 13.1 Å². The third kappa shape index (κ3) is 5.39. The van der Waals surface area contributed by atoms with Crippen molar-refractivity contribution in [3.8, 4) is 5.75 Å². The second-order valence-corrected chi connectivity index (χ2v) is 11.9. The van der Waals surface area contributed by atoms with Gasteiger partial charge in [-0.25, -0.2) is 8.42 Å². The summed E-state index contributed by atoms with van der Waals surface area (Å²) in [7, 11) is -3.92. The number of halogens is 1. The second kappa shape index (κ2) is 10.0. The van der Waals surface area contributed by atoms with Gasteiger partial charge in [-0.15, -0.1) is 6.58 Å². The molecule has 0 saturated carbocycles. The van der Waals surface area contributed by atoms with E-state index in [2.05, 4.69) is 25.4 Å². The zero-order chi connectivity index (χ0) is 25.3. The monoisotopic (exact) mass is 515 g/mol. The van der Waals surface area contributed by atoms with E-state index >= 15 is 0 Å². The topological polar surface area (TPSA) is 93.7 Å². The fraction of sp³-hybridized carbons (Fsp3) is 0.346. The number of phenols is 1. The Kier molecular flexibility index (Phi) is 7.26. The van der Waals surface area contributed by atoms with Gasteiger partial charge in [0.1, 0.15) is 11.0 Å². The van der Waals surface area contributed by atoms with E-state index in [0.717, 1.165) is 16.5 Å². The Morgan fingerprint density at radius 2 is 1.91 bits per heavy atom. The molecular formula is C26H30ClN3O4S. The van der Waals surface area contributed by atoms with E-state index in [0.29, 0.717) is 23.7 Å². The number of H-pyrrole nitrogens is 1. The first-order chi connectivity index (χ1) is 16.6. The van der Waals surface area contributed by atoms with Crippen molar-refractivity contribution in [1.82, 2.24) is 14.2 Å². The van der Waals surface area contributed by atoms with Crippen molar-refractivity contribution in [3.05, 3.63) is 77.5 Å². The molecule has 2 unspecified atom stereocenters. The van der Waals surface area contributed by atoms with Crippen LogP contribution in [0.25, 0.3) is 10.9 Å². The highest BCUT2D eigenvalue weighted by atomic mass is 35.5. The number of piperazine rings is 1. The SMILES string of the molecule is C=CC(c1cc2ccc(Cl)cc2[nH]1)S(=O)(=O)N1CC(=O)N(Cc2ccc(O)cc2)C(CC(C)C)C1. The van der Waals surface area contributed by atoms with Gasteiger partial charge in [0.25, 0.3) is 0 Å². The van der Waals surface area contributed by atoms with Gasteiger partial charge in [-0.2, -0.15) is 4.31 Å². The number of sulfonamides is 1. The van der Waals surface area contributed by atoms with Crippen molar-refractivity contribution < 1.29 is 18.3 Å². The van der Waals surface area contributed by atoms with Gasteiger partial charge in [-0.3, -0.25) is 4.79 Å². The Morgan fingerprint density at radius 3 is 2.57 bits per heavy atom. The van der Waals surface area contributed by atoms with Gasteiger partial charge in [0.2, 0.25) is 15.9 Å². The van der Waals surface area contributed by atoms with E-state index in [-0.39, 0.29) is 36.7 Å². The van der Waals surface area contributed by atoms with Crippen LogP contribution in [0.1, 0.15) is 36.8 Å². The van der Waals surface area contributed by atoms with E-state index in [9.17, 15) is 18.3 Å². The summed E-state index contributed by atoms with van der Waals surface area (Å²) >= 11 is 6.08. The smallest absolute Gasteiger partial charge is 0.238 e. The Bertz CT molecular complexity index is 1330. The Balaban J connectivity index is 1.61. The fourth-order valence-corrected chi connectivity index (χ4v) is 6.50. The van der Waals surface area contributed by atoms with Gasteiger partial charge in [0.15, 0.2) is 0 Å². The largest absolute Gasteiger partial charge is 0.508 e. The maximum absolute atomic E-state index is 13.8. The minimum atomic E-state index is -3.92. The van der Waals surface area contributed by atoms with Crippen LogP contribution in [-0.4, -0.2) is 52.8 Å². The molecule has 2 N–H and O–H groups in total. The lowest BCUT2D eigenvalue weighted by molar-refractivity contribution is -0.138. The summed E-state index contributed by atoms with van der Waals surface area (Å²) in [5, 5.41) is 9.94. The van der Waals surface area contributed by atoms with Crippen LogP contribution < -0.4 is 0 Å². The lowest BCUT2D eigenvalue weighted by Crippen LogP contribution is -2.58. The second-order valence-electron chi connectivity index (χ2n) is 9.42. The van der Waals surface area contributed by atoms with Gasteiger partial charge >= 0.3 is 0 Å². The van der Waals surface area contributed by atoms with Crippen LogP contribution in [0.3, 0.4) is 0 Å². The molecule has 1 fully saturated rings. The van der Waals surface area contributed by atoms with Crippen LogP contribution in [0.2, 0.25) is 5.02 Å². The van der Waals surface area contributed by atoms with Gasteiger partial charge in [0, 0.05) is 35.4 Å². The highest BCUT2D eigenvalue weighted by Crippen LogP contribution is 2.32. The number of amides is 1. The van der Waals surface area contributed by atoms with Crippen LogP contribution in [0.5, 0.6) is 5.75 Å². The van der Waals surface area contributed by atoms with Crippen molar-refractivity contribution in [2.24, 2.45) is 5.92 Å². The molecule has 1 aliphatic rings. The summed E-state index contributed by atoms with van der Waals surface area (Å²) in [5.74, 6) is 0.181. The molecule has 3 aromatic rings. The van der Waals surface area contributed by atoms with Crippen LogP contribution in [-0.2, 0) is 21.4 Å². The zero-order valence-corrected chi connectivity index (χ0v) is 21.4. The normalized spacial score (nSPS) is 18.3. The summed E-state index contributed by atoms with van der Waals surface area (Å²) in [5.41, 5.74) is 2.10. The number of aromatic nitrogens is 1. The minimum absolute atomic E-state index is 0.157. The number of rotatable bonds is 8. The summed E-state index contributed by atoms with van der Waals surface area (Å²) in [4.78, 5) is 18.2. The molecule has 0 spiro atoms. The molecule has 0 aliphatic carbocycles. The number of fused-ring (bicyclic) bond motifs is 1. The summed E-state index contributed by atoms with van der Waals surface area (Å²) in [6, 6.07) is 13.5. The number of hydrogen-bond donors (Lipinski definition) is 2. The molecule has 4 rings (SSSR count). The first-order valence-electron chi connectivity index (χ1n) is 11.6. The molecule has 0 bridgehead atoms. The van der Waals surface area contributed by atoms with Crippen molar-refractivity contribution in [2.45, 2.75) is 38.1 Å². The van der Waals surface area contributed by atoms with E-state index in [1.165, 1.54) is 10.4 Å². The number of hydrogen-bond acceptors (Lipinski definition) is 4. The Hall–Kier alpha value is -2.81. The number of aromatic amines is 1.